The van der Waals surface area contributed by atoms with Gasteiger partial charge >= 0.3 is 11.9 Å². The van der Waals surface area contributed by atoms with Crippen molar-refractivity contribution in [3.63, 3.8) is 0 Å². The van der Waals surface area contributed by atoms with Crippen LogP contribution in [0.3, 0.4) is 0 Å². The maximum Gasteiger partial charge on any atom is 0.306 e. The standard InChI is InChI=1S/C24H37FO4/c1-2-3-4-5-6-7-8-9-10-11-19-28-23(26)13-12-14-24(27)29-20-21-15-17-22(25)18-16-21/h15-18H,2-14,19-20H2,1H3. The Labute approximate surface area is 175 Å². The fraction of sp³-hybridized carbons (Fsp3) is 0.667. The molecule has 0 heterocycles. The molecule has 0 aliphatic heterocycles. The number of unbranched alkanes of at least 4 members (excludes halogenated alkanes) is 9. The van der Waals surface area contributed by atoms with Gasteiger partial charge in [-0.15, -0.1) is 0 Å². The summed E-state index contributed by atoms with van der Waals surface area (Å²) >= 11 is 0. The Hall–Kier alpha value is -1.91. The third-order valence-corrected chi connectivity index (χ3v) is 4.84. The molecule has 0 fully saturated rings. The molecule has 0 radical (unpaired) electrons. The summed E-state index contributed by atoms with van der Waals surface area (Å²) in [5, 5.41) is 0. The monoisotopic (exact) mass is 408 g/mol. The molecule has 1 aromatic rings. The molecule has 1 rings (SSSR count). The summed E-state index contributed by atoms with van der Waals surface area (Å²) in [6.45, 7) is 2.81. The van der Waals surface area contributed by atoms with E-state index in [2.05, 4.69) is 6.92 Å². The Morgan fingerprint density at radius 2 is 1.24 bits per heavy atom. The average Bonchev–Trinajstić information content (AvgIpc) is 2.71. The van der Waals surface area contributed by atoms with Crippen molar-refractivity contribution in [2.75, 3.05) is 6.61 Å². The molecule has 0 saturated carbocycles. The van der Waals surface area contributed by atoms with E-state index in [0.717, 1.165) is 18.4 Å². The van der Waals surface area contributed by atoms with Gasteiger partial charge in [0.15, 0.2) is 0 Å². The van der Waals surface area contributed by atoms with Gasteiger partial charge in [0, 0.05) is 12.8 Å². The lowest BCUT2D eigenvalue weighted by molar-refractivity contribution is -0.146. The van der Waals surface area contributed by atoms with E-state index < -0.39 is 0 Å². The van der Waals surface area contributed by atoms with Crippen molar-refractivity contribution in [3.05, 3.63) is 35.6 Å². The summed E-state index contributed by atoms with van der Waals surface area (Å²) in [5.41, 5.74) is 0.732. The lowest BCUT2D eigenvalue weighted by Crippen LogP contribution is -2.09. The highest BCUT2D eigenvalue weighted by Gasteiger charge is 2.08. The van der Waals surface area contributed by atoms with Gasteiger partial charge in [-0.3, -0.25) is 9.59 Å². The lowest BCUT2D eigenvalue weighted by Gasteiger charge is -2.06. The smallest absolute Gasteiger partial charge is 0.306 e. The van der Waals surface area contributed by atoms with Crippen molar-refractivity contribution in [2.24, 2.45) is 0 Å². The molecule has 0 aliphatic rings. The minimum atomic E-state index is -0.364. The van der Waals surface area contributed by atoms with Crippen LogP contribution in [0.15, 0.2) is 24.3 Å². The largest absolute Gasteiger partial charge is 0.466 e. The van der Waals surface area contributed by atoms with Crippen LogP contribution >= 0.6 is 0 Å². The Bertz CT molecular complexity index is 557. The van der Waals surface area contributed by atoms with Crippen LogP contribution in [-0.4, -0.2) is 18.5 Å². The van der Waals surface area contributed by atoms with Crippen LogP contribution in [0.25, 0.3) is 0 Å². The second kappa shape index (κ2) is 17.0. The molecular formula is C24H37FO4. The Morgan fingerprint density at radius 3 is 1.83 bits per heavy atom. The third kappa shape index (κ3) is 14.7. The average molecular weight is 409 g/mol. The highest BCUT2D eigenvalue weighted by atomic mass is 19.1. The lowest BCUT2D eigenvalue weighted by atomic mass is 10.1. The van der Waals surface area contributed by atoms with Crippen LogP contribution in [0, 0.1) is 5.82 Å². The maximum atomic E-state index is 12.8. The molecule has 0 unspecified atom stereocenters. The van der Waals surface area contributed by atoms with Crippen molar-refractivity contribution in [1.82, 2.24) is 0 Å². The van der Waals surface area contributed by atoms with E-state index in [1.165, 1.54) is 63.5 Å². The fourth-order valence-corrected chi connectivity index (χ4v) is 3.04. The Balaban J connectivity index is 1.89. The molecule has 0 atom stereocenters. The van der Waals surface area contributed by atoms with Gasteiger partial charge in [-0.1, -0.05) is 76.8 Å². The van der Waals surface area contributed by atoms with E-state index in [4.69, 9.17) is 9.47 Å². The van der Waals surface area contributed by atoms with Gasteiger partial charge in [-0.05, 0) is 30.5 Å². The van der Waals surface area contributed by atoms with Gasteiger partial charge < -0.3 is 9.47 Å². The number of esters is 2. The van der Waals surface area contributed by atoms with Crippen molar-refractivity contribution in [3.8, 4) is 0 Å². The number of hydrogen-bond donors (Lipinski definition) is 0. The molecule has 0 saturated heterocycles. The van der Waals surface area contributed by atoms with Gasteiger partial charge in [0.2, 0.25) is 0 Å². The summed E-state index contributed by atoms with van der Waals surface area (Å²) in [5.74, 6) is -0.944. The summed E-state index contributed by atoms with van der Waals surface area (Å²) in [7, 11) is 0. The molecule has 164 valence electrons. The molecule has 1 aromatic carbocycles. The van der Waals surface area contributed by atoms with E-state index >= 15 is 0 Å². The van der Waals surface area contributed by atoms with Crippen LogP contribution in [0.5, 0.6) is 0 Å². The second-order valence-electron chi connectivity index (χ2n) is 7.54. The molecule has 4 nitrogen and oxygen atoms in total. The minimum absolute atomic E-state index is 0.113. The second-order valence-corrected chi connectivity index (χ2v) is 7.54. The number of carbonyl (C=O) groups is 2. The molecule has 29 heavy (non-hydrogen) atoms. The SMILES string of the molecule is CCCCCCCCCCCCOC(=O)CCCC(=O)OCc1ccc(F)cc1. The predicted octanol–water partition coefficient (Wildman–Crippen LogP) is 6.50. The molecule has 0 N–H and O–H groups in total. The first-order valence-corrected chi connectivity index (χ1v) is 11.2. The molecular weight excluding hydrogens is 371 g/mol. The Kier molecular flexibility index (Phi) is 14.7. The molecule has 0 bridgehead atoms. The number of carbonyl (C=O) groups excluding carboxylic acids is 2. The van der Waals surface area contributed by atoms with Gasteiger partial charge in [0.05, 0.1) is 6.61 Å². The number of rotatable bonds is 17. The van der Waals surface area contributed by atoms with Crippen LogP contribution in [-0.2, 0) is 25.7 Å². The first-order chi connectivity index (χ1) is 14.1. The maximum absolute atomic E-state index is 12.8. The van der Waals surface area contributed by atoms with E-state index in [1.807, 2.05) is 0 Å². The minimum Gasteiger partial charge on any atom is -0.466 e. The van der Waals surface area contributed by atoms with Crippen molar-refractivity contribution < 1.29 is 23.5 Å². The van der Waals surface area contributed by atoms with Crippen LogP contribution in [0.2, 0.25) is 0 Å². The summed E-state index contributed by atoms with van der Waals surface area (Å²) in [6, 6.07) is 5.81. The van der Waals surface area contributed by atoms with E-state index in [9.17, 15) is 14.0 Å². The van der Waals surface area contributed by atoms with Gasteiger partial charge in [0.25, 0.3) is 0 Å². The predicted molar refractivity (Wildman–Crippen MR) is 113 cm³/mol. The Morgan fingerprint density at radius 1 is 0.724 bits per heavy atom. The van der Waals surface area contributed by atoms with Gasteiger partial charge in [-0.2, -0.15) is 0 Å². The van der Waals surface area contributed by atoms with Crippen molar-refractivity contribution in [2.45, 2.75) is 97.0 Å². The zero-order valence-electron chi connectivity index (χ0n) is 17.9. The van der Waals surface area contributed by atoms with Gasteiger partial charge in [0.1, 0.15) is 12.4 Å². The normalized spacial score (nSPS) is 10.7. The first-order valence-electron chi connectivity index (χ1n) is 11.2. The van der Waals surface area contributed by atoms with E-state index in [1.54, 1.807) is 12.1 Å². The van der Waals surface area contributed by atoms with Crippen LogP contribution in [0.4, 0.5) is 4.39 Å². The highest BCUT2D eigenvalue weighted by Crippen LogP contribution is 2.11. The highest BCUT2D eigenvalue weighted by molar-refractivity contribution is 5.72. The molecule has 5 heteroatoms. The van der Waals surface area contributed by atoms with Crippen LogP contribution < -0.4 is 0 Å². The quantitative estimate of drug-likeness (QED) is 0.218. The van der Waals surface area contributed by atoms with Crippen molar-refractivity contribution >= 4 is 11.9 Å². The summed E-state index contributed by atoms with van der Waals surface area (Å²) in [6.07, 6.45) is 13.3. The van der Waals surface area contributed by atoms with Crippen molar-refractivity contribution in [1.29, 1.82) is 0 Å². The molecule has 0 aliphatic carbocycles. The number of halogens is 1. The van der Waals surface area contributed by atoms with Crippen LogP contribution in [0.1, 0.15) is 96.0 Å². The molecule has 0 amide bonds. The molecule has 0 spiro atoms. The van der Waals surface area contributed by atoms with E-state index in [0.29, 0.717) is 13.0 Å². The fourth-order valence-electron chi connectivity index (χ4n) is 3.04. The topological polar surface area (TPSA) is 52.6 Å². The van der Waals surface area contributed by atoms with Gasteiger partial charge in [-0.25, -0.2) is 4.39 Å². The first kappa shape index (κ1) is 25.1. The molecule has 0 aromatic heterocycles. The zero-order valence-corrected chi connectivity index (χ0v) is 17.9. The number of ether oxygens (including phenoxy) is 2. The number of benzene rings is 1. The third-order valence-electron chi connectivity index (χ3n) is 4.84. The zero-order chi connectivity index (χ0) is 21.2. The number of hydrogen-bond acceptors (Lipinski definition) is 4. The summed E-state index contributed by atoms with van der Waals surface area (Å²) in [4.78, 5) is 23.4. The summed E-state index contributed by atoms with van der Waals surface area (Å²) < 4.78 is 23.1. The van der Waals surface area contributed by atoms with E-state index in [-0.39, 0.29) is 37.2 Å².